The summed E-state index contributed by atoms with van der Waals surface area (Å²) in [5.41, 5.74) is 1.06. The van der Waals surface area contributed by atoms with Crippen molar-refractivity contribution in [1.82, 2.24) is 0 Å². The zero-order valence-corrected chi connectivity index (χ0v) is 22.5. The van der Waals surface area contributed by atoms with Crippen molar-refractivity contribution < 1.29 is 19.7 Å². The Hall–Kier alpha value is -0.880. The maximum absolute atomic E-state index is 10.1. The fourth-order valence-corrected chi connectivity index (χ4v) is 4.53. The molecule has 2 aromatic carbocycles. The van der Waals surface area contributed by atoms with Crippen LogP contribution in [0.5, 0.6) is 11.5 Å². The van der Waals surface area contributed by atoms with Gasteiger partial charge in [-0.25, -0.2) is 0 Å². The third-order valence-corrected chi connectivity index (χ3v) is 6.68. The van der Waals surface area contributed by atoms with Gasteiger partial charge in [0, 0.05) is 18.3 Å². The van der Waals surface area contributed by atoms with Crippen molar-refractivity contribution in [2.75, 3.05) is 0 Å². The van der Waals surface area contributed by atoms with Crippen LogP contribution in [-0.2, 0) is 5.41 Å². The first-order chi connectivity index (χ1) is 15.5. The van der Waals surface area contributed by atoms with Crippen LogP contribution in [0.2, 0.25) is 20.1 Å². The van der Waals surface area contributed by atoms with Gasteiger partial charge in [-0.1, -0.05) is 86.9 Å². The molecule has 0 fully saturated rings. The predicted molar refractivity (Wildman–Crippen MR) is 137 cm³/mol. The molecule has 2 aromatic rings. The fourth-order valence-electron chi connectivity index (χ4n) is 3.38. The van der Waals surface area contributed by atoms with E-state index < -0.39 is 18.0 Å². The lowest BCUT2D eigenvalue weighted by Crippen LogP contribution is -2.21. The second-order valence-corrected chi connectivity index (χ2v) is 10.2. The SMILES string of the molecule is CCCCC(O)Oc1c(Cl)cc(C(C)(C)c2cc(Cl)c(OC(O)CCCC)c(Cl)c2)cc1Cl. The minimum atomic E-state index is -0.975. The molecule has 2 N–H and O–H groups in total. The Labute approximate surface area is 216 Å². The number of unbranched alkanes of at least 4 members (excludes halogenated alkanes) is 2. The van der Waals surface area contributed by atoms with Crippen LogP contribution in [0.3, 0.4) is 0 Å². The van der Waals surface area contributed by atoms with Crippen LogP contribution in [0.4, 0.5) is 0 Å². The molecule has 0 aliphatic carbocycles. The van der Waals surface area contributed by atoms with Crippen LogP contribution >= 0.6 is 46.4 Å². The van der Waals surface area contributed by atoms with E-state index in [0.29, 0.717) is 32.9 Å². The van der Waals surface area contributed by atoms with Crippen molar-refractivity contribution in [3.8, 4) is 11.5 Å². The maximum Gasteiger partial charge on any atom is 0.197 e. The van der Waals surface area contributed by atoms with Gasteiger partial charge in [-0.05, 0) is 48.2 Å². The van der Waals surface area contributed by atoms with Gasteiger partial charge in [-0.3, -0.25) is 0 Å². The summed E-state index contributed by atoms with van der Waals surface area (Å²) in [6.07, 6.45) is 2.59. The number of hydrogen-bond acceptors (Lipinski definition) is 4. The summed E-state index contributed by atoms with van der Waals surface area (Å²) < 4.78 is 11.2. The van der Waals surface area contributed by atoms with Crippen molar-refractivity contribution >= 4 is 46.4 Å². The second-order valence-electron chi connectivity index (χ2n) is 8.59. The highest BCUT2D eigenvalue weighted by molar-refractivity contribution is 6.38. The highest BCUT2D eigenvalue weighted by Gasteiger charge is 2.28. The highest BCUT2D eigenvalue weighted by atomic mass is 35.5. The largest absolute Gasteiger partial charge is 0.462 e. The first kappa shape index (κ1) is 28.4. The van der Waals surface area contributed by atoms with Gasteiger partial charge in [0.2, 0.25) is 0 Å². The van der Waals surface area contributed by atoms with Gasteiger partial charge in [0.1, 0.15) is 0 Å². The van der Waals surface area contributed by atoms with Crippen LogP contribution in [0.1, 0.15) is 77.3 Å². The summed E-state index contributed by atoms with van der Waals surface area (Å²) in [6, 6.07) is 7.04. The Bertz CT molecular complexity index is 813. The summed E-state index contributed by atoms with van der Waals surface area (Å²) in [7, 11) is 0. The third kappa shape index (κ3) is 7.55. The number of aliphatic hydroxyl groups excluding tert-OH is 2. The van der Waals surface area contributed by atoms with E-state index in [1.165, 1.54) is 0 Å². The smallest absolute Gasteiger partial charge is 0.197 e. The molecular weight excluding hydrogens is 506 g/mol. The lowest BCUT2D eigenvalue weighted by molar-refractivity contribution is -0.0246. The van der Waals surface area contributed by atoms with E-state index in [0.717, 1.165) is 36.8 Å². The van der Waals surface area contributed by atoms with Gasteiger partial charge in [-0.2, -0.15) is 0 Å². The molecule has 4 nitrogen and oxygen atoms in total. The number of rotatable bonds is 12. The Kier molecular flexibility index (Phi) is 10.9. The molecular formula is C25H32Cl4O4. The lowest BCUT2D eigenvalue weighted by atomic mass is 9.78. The molecule has 184 valence electrons. The normalized spacial score (nSPS) is 13.6. The molecule has 33 heavy (non-hydrogen) atoms. The monoisotopic (exact) mass is 536 g/mol. The van der Waals surface area contributed by atoms with E-state index >= 15 is 0 Å². The molecule has 0 amide bonds. The quantitative estimate of drug-likeness (QED) is 0.267. The minimum absolute atomic E-state index is 0.252. The Morgan fingerprint density at radius 1 is 0.697 bits per heavy atom. The van der Waals surface area contributed by atoms with Crippen molar-refractivity contribution in [1.29, 1.82) is 0 Å². The van der Waals surface area contributed by atoms with Gasteiger partial charge in [0.25, 0.3) is 0 Å². The van der Waals surface area contributed by atoms with Crippen LogP contribution < -0.4 is 9.47 Å². The Morgan fingerprint density at radius 2 is 1.00 bits per heavy atom. The van der Waals surface area contributed by atoms with Crippen LogP contribution in [-0.4, -0.2) is 22.8 Å². The first-order valence-corrected chi connectivity index (χ1v) is 12.7. The standard InChI is InChI=1S/C25H32Cl4O4/c1-5-7-9-21(30)32-23-17(26)11-15(12-18(23)27)25(3,4)16-13-19(28)24(20(29)14-16)33-22(31)10-8-6-2/h11-14,21-22,30-31H,5-10H2,1-4H3. The number of ether oxygens (including phenoxy) is 2. The summed E-state index contributed by atoms with van der Waals surface area (Å²) in [6.45, 7) is 8.05. The Balaban J connectivity index is 2.32. The number of aliphatic hydroxyl groups is 2. The average molecular weight is 538 g/mol. The molecule has 0 heterocycles. The van der Waals surface area contributed by atoms with E-state index in [-0.39, 0.29) is 11.5 Å². The van der Waals surface area contributed by atoms with Gasteiger partial charge in [0.05, 0.1) is 20.1 Å². The zero-order valence-electron chi connectivity index (χ0n) is 19.4. The molecule has 0 bridgehead atoms. The molecule has 2 unspecified atom stereocenters. The van der Waals surface area contributed by atoms with Crippen molar-refractivity contribution in [2.24, 2.45) is 0 Å². The van der Waals surface area contributed by atoms with Gasteiger partial charge in [-0.15, -0.1) is 0 Å². The van der Waals surface area contributed by atoms with Crippen LogP contribution in [0.15, 0.2) is 24.3 Å². The molecule has 2 atom stereocenters. The van der Waals surface area contributed by atoms with Gasteiger partial charge < -0.3 is 19.7 Å². The molecule has 0 aliphatic rings. The fraction of sp³-hybridized carbons (Fsp3) is 0.520. The first-order valence-electron chi connectivity index (χ1n) is 11.2. The molecule has 8 heteroatoms. The van der Waals surface area contributed by atoms with E-state index in [4.69, 9.17) is 55.9 Å². The highest BCUT2D eigenvalue weighted by Crippen LogP contribution is 2.44. The minimum Gasteiger partial charge on any atom is -0.462 e. The molecule has 0 aliphatic heterocycles. The predicted octanol–water partition coefficient (Wildman–Crippen LogP) is 8.40. The lowest BCUT2D eigenvalue weighted by Gasteiger charge is -2.28. The summed E-state index contributed by atoms with van der Waals surface area (Å²) in [4.78, 5) is 0. The molecule has 2 rings (SSSR count). The molecule has 0 saturated carbocycles. The van der Waals surface area contributed by atoms with Gasteiger partial charge in [0.15, 0.2) is 24.1 Å². The van der Waals surface area contributed by atoms with Crippen LogP contribution in [0.25, 0.3) is 0 Å². The molecule has 0 aromatic heterocycles. The number of benzene rings is 2. The second kappa shape index (κ2) is 12.7. The van der Waals surface area contributed by atoms with Crippen molar-refractivity contribution in [2.45, 2.75) is 84.2 Å². The topological polar surface area (TPSA) is 58.9 Å². The average Bonchev–Trinajstić information content (AvgIpc) is 2.75. The Morgan fingerprint density at radius 3 is 1.27 bits per heavy atom. The number of halogens is 4. The van der Waals surface area contributed by atoms with Gasteiger partial charge >= 0.3 is 0 Å². The molecule has 0 saturated heterocycles. The zero-order chi connectivity index (χ0) is 24.8. The summed E-state index contributed by atoms with van der Waals surface area (Å²) in [5, 5.41) is 21.4. The summed E-state index contributed by atoms with van der Waals surface area (Å²) >= 11 is 25.9. The number of hydrogen-bond donors (Lipinski definition) is 2. The van der Waals surface area contributed by atoms with E-state index in [2.05, 4.69) is 0 Å². The molecule has 0 radical (unpaired) electrons. The van der Waals surface area contributed by atoms with E-state index in [1.807, 2.05) is 27.7 Å². The van der Waals surface area contributed by atoms with Crippen molar-refractivity contribution in [3.05, 3.63) is 55.5 Å². The van der Waals surface area contributed by atoms with E-state index in [1.54, 1.807) is 24.3 Å². The third-order valence-electron chi connectivity index (χ3n) is 5.56. The summed E-state index contributed by atoms with van der Waals surface area (Å²) in [5.74, 6) is 0.504. The van der Waals surface area contributed by atoms with E-state index in [9.17, 15) is 10.2 Å². The van der Waals surface area contributed by atoms with Crippen molar-refractivity contribution in [3.63, 3.8) is 0 Å². The van der Waals surface area contributed by atoms with Crippen LogP contribution in [0, 0.1) is 0 Å². The maximum atomic E-state index is 10.1. The molecule has 0 spiro atoms.